The van der Waals surface area contributed by atoms with Crippen LogP contribution in [0.25, 0.3) is 0 Å². The lowest BCUT2D eigenvalue weighted by atomic mass is 10.1. The molecule has 5 heteroatoms. The minimum absolute atomic E-state index is 0.162. The Morgan fingerprint density at radius 3 is 2.39 bits per heavy atom. The number of hydrogen-bond acceptors (Lipinski definition) is 3. The van der Waals surface area contributed by atoms with Crippen molar-refractivity contribution in [1.82, 2.24) is 5.32 Å². The first-order valence-corrected chi connectivity index (χ1v) is 9.61. The zero-order chi connectivity index (χ0) is 19.8. The topological polar surface area (TPSA) is 50.4 Å². The van der Waals surface area contributed by atoms with Crippen molar-refractivity contribution in [2.75, 3.05) is 11.9 Å². The van der Waals surface area contributed by atoms with E-state index in [2.05, 4.69) is 10.6 Å². The lowest BCUT2D eigenvalue weighted by molar-refractivity contribution is -0.118. The number of carbonyl (C=O) groups is 1. The van der Waals surface area contributed by atoms with Crippen LogP contribution in [-0.2, 0) is 11.3 Å². The predicted octanol–water partition coefficient (Wildman–Crippen LogP) is 5.21. The molecule has 0 unspecified atom stereocenters. The van der Waals surface area contributed by atoms with E-state index >= 15 is 0 Å². The van der Waals surface area contributed by atoms with E-state index in [1.54, 1.807) is 0 Å². The number of ether oxygens (including phenoxy) is 1. The van der Waals surface area contributed by atoms with E-state index in [1.165, 1.54) is 0 Å². The molecule has 28 heavy (non-hydrogen) atoms. The molecule has 0 heterocycles. The molecule has 3 aromatic rings. The average Bonchev–Trinajstić information content (AvgIpc) is 2.72. The van der Waals surface area contributed by atoms with Crippen molar-refractivity contribution >= 4 is 23.2 Å². The minimum atomic E-state index is -0.535. The molecule has 0 spiro atoms. The number of anilines is 1. The van der Waals surface area contributed by atoms with Crippen LogP contribution >= 0.6 is 11.6 Å². The molecule has 0 radical (unpaired) electrons. The average molecular weight is 395 g/mol. The number of rotatable bonds is 8. The number of benzene rings is 3. The van der Waals surface area contributed by atoms with Crippen molar-refractivity contribution in [1.29, 1.82) is 0 Å². The zero-order valence-electron chi connectivity index (χ0n) is 15.7. The summed E-state index contributed by atoms with van der Waals surface area (Å²) < 4.78 is 5.62. The van der Waals surface area contributed by atoms with Crippen molar-refractivity contribution in [3.8, 4) is 5.75 Å². The third-order valence-electron chi connectivity index (χ3n) is 4.29. The van der Waals surface area contributed by atoms with Crippen LogP contribution in [0.4, 0.5) is 5.69 Å². The third-order valence-corrected chi connectivity index (χ3v) is 4.66. The molecule has 3 aromatic carbocycles. The van der Waals surface area contributed by atoms with Gasteiger partial charge in [-0.2, -0.15) is 0 Å². The molecular formula is C23H23ClN2O2. The standard InChI is InChI=1S/C23H23ClN2O2/c1-2-28-21-15-9-8-14-20(21)26-23(27)22(17-10-4-3-5-11-17)25-16-18-12-6-7-13-19(18)24/h3-15,22,25H,2,16H2,1H3,(H,26,27)/t22-/m1/s1. The van der Waals surface area contributed by atoms with E-state index in [4.69, 9.17) is 16.3 Å². The van der Waals surface area contributed by atoms with Gasteiger partial charge < -0.3 is 10.1 Å². The molecule has 0 bridgehead atoms. The zero-order valence-corrected chi connectivity index (χ0v) is 16.4. The maximum atomic E-state index is 13.1. The fourth-order valence-corrected chi connectivity index (χ4v) is 3.12. The first kappa shape index (κ1) is 19.9. The Hall–Kier alpha value is -2.82. The second-order valence-electron chi connectivity index (χ2n) is 6.23. The highest BCUT2D eigenvalue weighted by molar-refractivity contribution is 6.31. The smallest absolute Gasteiger partial charge is 0.246 e. The van der Waals surface area contributed by atoms with Gasteiger partial charge in [0.1, 0.15) is 11.8 Å². The Morgan fingerprint density at radius 2 is 1.64 bits per heavy atom. The van der Waals surface area contributed by atoms with Gasteiger partial charge in [0.2, 0.25) is 5.91 Å². The first-order valence-electron chi connectivity index (χ1n) is 9.23. The van der Waals surface area contributed by atoms with Crippen LogP contribution in [0.2, 0.25) is 5.02 Å². The lowest BCUT2D eigenvalue weighted by Crippen LogP contribution is -2.33. The van der Waals surface area contributed by atoms with E-state index in [0.29, 0.717) is 29.6 Å². The number of hydrogen-bond donors (Lipinski definition) is 2. The maximum Gasteiger partial charge on any atom is 0.246 e. The molecule has 0 aliphatic heterocycles. The van der Waals surface area contributed by atoms with Crippen molar-refractivity contribution in [2.24, 2.45) is 0 Å². The fourth-order valence-electron chi connectivity index (χ4n) is 2.92. The van der Waals surface area contributed by atoms with Crippen LogP contribution < -0.4 is 15.4 Å². The fraction of sp³-hybridized carbons (Fsp3) is 0.174. The van der Waals surface area contributed by atoms with Gasteiger partial charge in [0.15, 0.2) is 0 Å². The second kappa shape index (κ2) is 9.93. The summed E-state index contributed by atoms with van der Waals surface area (Å²) in [5.41, 5.74) is 2.46. The molecule has 4 nitrogen and oxygen atoms in total. The van der Waals surface area contributed by atoms with Gasteiger partial charge in [0.25, 0.3) is 0 Å². The molecule has 0 saturated carbocycles. The summed E-state index contributed by atoms with van der Waals surface area (Å²) in [5.74, 6) is 0.488. The van der Waals surface area contributed by atoms with E-state index in [0.717, 1.165) is 11.1 Å². The van der Waals surface area contributed by atoms with E-state index in [-0.39, 0.29) is 5.91 Å². The molecule has 3 rings (SSSR count). The van der Waals surface area contributed by atoms with Crippen molar-refractivity contribution < 1.29 is 9.53 Å². The number of carbonyl (C=O) groups excluding carboxylic acids is 1. The minimum Gasteiger partial charge on any atom is -0.492 e. The van der Waals surface area contributed by atoms with Crippen molar-refractivity contribution in [3.05, 3.63) is 95.0 Å². The molecule has 2 N–H and O–H groups in total. The van der Waals surface area contributed by atoms with Gasteiger partial charge in [0.05, 0.1) is 12.3 Å². The predicted molar refractivity (Wildman–Crippen MR) is 114 cm³/mol. The molecule has 0 fully saturated rings. The van der Waals surface area contributed by atoms with Crippen LogP contribution in [0, 0.1) is 0 Å². The summed E-state index contributed by atoms with van der Waals surface area (Å²) in [6, 6.07) is 24.1. The largest absolute Gasteiger partial charge is 0.492 e. The van der Waals surface area contributed by atoms with Gasteiger partial charge in [-0.15, -0.1) is 0 Å². The Morgan fingerprint density at radius 1 is 0.964 bits per heavy atom. The highest BCUT2D eigenvalue weighted by Crippen LogP contribution is 2.26. The molecule has 0 aromatic heterocycles. The van der Waals surface area contributed by atoms with Crippen LogP contribution in [0.5, 0.6) is 5.75 Å². The molecule has 0 saturated heterocycles. The summed E-state index contributed by atoms with van der Waals surface area (Å²) >= 11 is 6.26. The maximum absolute atomic E-state index is 13.1. The summed E-state index contributed by atoms with van der Waals surface area (Å²) in [5, 5.41) is 6.98. The second-order valence-corrected chi connectivity index (χ2v) is 6.64. The van der Waals surface area contributed by atoms with E-state index < -0.39 is 6.04 Å². The normalized spacial score (nSPS) is 11.6. The summed E-state index contributed by atoms with van der Waals surface area (Å²) in [6.07, 6.45) is 0. The highest BCUT2D eigenvalue weighted by Gasteiger charge is 2.21. The summed E-state index contributed by atoms with van der Waals surface area (Å²) in [7, 11) is 0. The third kappa shape index (κ3) is 5.12. The van der Waals surface area contributed by atoms with Gasteiger partial charge in [0, 0.05) is 11.6 Å². The van der Waals surface area contributed by atoms with Crippen molar-refractivity contribution in [3.63, 3.8) is 0 Å². The van der Waals surface area contributed by atoms with Gasteiger partial charge in [-0.3, -0.25) is 10.1 Å². The Balaban J connectivity index is 1.81. The van der Waals surface area contributed by atoms with Crippen LogP contribution in [0.3, 0.4) is 0 Å². The van der Waals surface area contributed by atoms with Gasteiger partial charge in [-0.25, -0.2) is 0 Å². The number of amides is 1. The highest BCUT2D eigenvalue weighted by atomic mass is 35.5. The molecular weight excluding hydrogens is 372 g/mol. The molecule has 1 amide bonds. The SMILES string of the molecule is CCOc1ccccc1NC(=O)[C@H](NCc1ccccc1Cl)c1ccccc1. The van der Waals surface area contributed by atoms with Gasteiger partial charge in [-0.05, 0) is 36.2 Å². The Bertz CT molecular complexity index is 915. The summed E-state index contributed by atoms with van der Waals surface area (Å²) in [6.45, 7) is 2.91. The lowest BCUT2D eigenvalue weighted by Gasteiger charge is -2.20. The van der Waals surface area contributed by atoms with Crippen LogP contribution in [0.15, 0.2) is 78.9 Å². The molecule has 1 atom stereocenters. The van der Waals surface area contributed by atoms with Gasteiger partial charge in [-0.1, -0.05) is 72.3 Å². The molecule has 144 valence electrons. The first-order chi connectivity index (χ1) is 13.7. The van der Waals surface area contributed by atoms with Crippen molar-refractivity contribution in [2.45, 2.75) is 19.5 Å². The van der Waals surface area contributed by atoms with Crippen LogP contribution in [-0.4, -0.2) is 12.5 Å². The summed E-state index contributed by atoms with van der Waals surface area (Å²) in [4.78, 5) is 13.1. The van der Waals surface area contributed by atoms with Gasteiger partial charge >= 0.3 is 0 Å². The van der Waals surface area contributed by atoms with E-state index in [1.807, 2.05) is 85.8 Å². The Kier molecular flexibility index (Phi) is 7.06. The van der Waals surface area contributed by atoms with E-state index in [9.17, 15) is 4.79 Å². The molecule has 0 aliphatic carbocycles. The number of nitrogens with one attached hydrogen (secondary N) is 2. The quantitative estimate of drug-likeness (QED) is 0.551. The monoisotopic (exact) mass is 394 g/mol. The Labute approximate surface area is 170 Å². The van der Waals surface area contributed by atoms with Crippen LogP contribution in [0.1, 0.15) is 24.1 Å². The number of halogens is 1. The molecule has 0 aliphatic rings. The number of para-hydroxylation sites is 2.